The van der Waals surface area contributed by atoms with Crippen molar-refractivity contribution < 1.29 is 19.1 Å². The van der Waals surface area contributed by atoms with Gasteiger partial charge in [-0.15, -0.1) is 0 Å². The first-order valence-corrected chi connectivity index (χ1v) is 10.0. The summed E-state index contributed by atoms with van der Waals surface area (Å²) in [5.74, 6) is -0.539. The fourth-order valence-corrected chi connectivity index (χ4v) is 3.31. The molecule has 0 saturated carbocycles. The van der Waals surface area contributed by atoms with Crippen LogP contribution in [0.15, 0.2) is 18.2 Å². The number of methoxy groups -OCH3 is 1. The van der Waals surface area contributed by atoms with Gasteiger partial charge in [-0.1, -0.05) is 38.4 Å². The first kappa shape index (κ1) is 23.2. The minimum Gasteiger partial charge on any atom is -0.383 e. The number of amides is 3. The number of carbonyl (C=O) groups is 3. The van der Waals surface area contributed by atoms with E-state index in [0.717, 1.165) is 5.56 Å². The summed E-state index contributed by atoms with van der Waals surface area (Å²) in [4.78, 5) is 42.6. The Bertz CT molecular complexity index is 776. The Morgan fingerprint density at radius 1 is 1.28 bits per heavy atom. The number of rotatable bonds is 7. The second-order valence-electron chi connectivity index (χ2n) is 8.48. The van der Waals surface area contributed by atoms with Gasteiger partial charge in [-0.3, -0.25) is 19.3 Å². The molecule has 1 aromatic rings. The molecule has 3 amide bonds. The summed E-state index contributed by atoms with van der Waals surface area (Å²) in [6.07, 6.45) is 0.330. The van der Waals surface area contributed by atoms with Crippen LogP contribution in [0.3, 0.4) is 0 Å². The Kier molecular flexibility index (Phi) is 7.66. The van der Waals surface area contributed by atoms with Gasteiger partial charge in [0.15, 0.2) is 0 Å². The van der Waals surface area contributed by atoms with Gasteiger partial charge >= 0.3 is 0 Å². The van der Waals surface area contributed by atoms with E-state index in [1.165, 1.54) is 9.80 Å². The van der Waals surface area contributed by atoms with E-state index < -0.39 is 0 Å². The number of halogens is 1. The first-order valence-electron chi connectivity index (χ1n) is 9.63. The molecule has 1 aliphatic rings. The Morgan fingerprint density at radius 3 is 2.59 bits per heavy atom. The van der Waals surface area contributed by atoms with Crippen molar-refractivity contribution in [2.45, 2.75) is 34.1 Å². The molecule has 29 heavy (non-hydrogen) atoms. The largest absolute Gasteiger partial charge is 0.383 e. The Labute approximate surface area is 177 Å². The lowest BCUT2D eigenvalue weighted by molar-refractivity contribution is -0.141. The van der Waals surface area contributed by atoms with Crippen LogP contribution in [-0.2, 0) is 19.1 Å². The molecular weight excluding hydrogens is 394 g/mol. The van der Waals surface area contributed by atoms with Crippen molar-refractivity contribution in [3.05, 3.63) is 28.8 Å². The lowest BCUT2D eigenvalue weighted by atomic mass is 9.91. The third-order valence-electron chi connectivity index (χ3n) is 4.75. The van der Waals surface area contributed by atoms with E-state index >= 15 is 0 Å². The van der Waals surface area contributed by atoms with Crippen LogP contribution in [0.25, 0.3) is 0 Å². The van der Waals surface area contributed by atoms with Crippen molar-refractivity contribution in [2.75, 3.05) is 44.9 Å². The molecule has 1 saturated heterocycles. The lowest BCUT2D eigenvalue weighted by Gasteiger charge is -2.28. The molecule has 160 valence electrons. The van der Waals surface area contributed by atoms with E-state index in [1.54, 1.807) is 24.1 Å². The summed E-state index contributed by atoms with van der Waals surface area (Å²) in [7, 11) is 1.55. The highest BCUT2D eigenvalue weighted by molar-refractivity contribution is 6.31. The zero-order valence-corrected chi connectivity index (χ0v) is 18.6. The van der Waals surface area contributed by atoms with Crippen LogP contribution >= 0.6 is 11.6 Å². The maximum atomic E-state index is 12.8. The molecule has 0 unspecified atom stereocenters. The van der Waals surface area contributed by atoms with Gasteiger partial charge in [-0.25, -0.2) is 0 Å². The average Bonchev–Trinajstić information content (AvgIpc) is 3.01. The number of anilines is 1. The van der Waals surface area contributed by atoms with Crippen LogP contribution < -0.4 is 4.90 Å². The fraction of sp³-hybridized carbons (Fsp3) is 0.571. The Morgan fingerprint density at radius 2 is 1.97 bits per heavy atom. The lowest BCUT2D eigenvalue weighted by Crippen LogP contribution is -2.44. The Hall–Kier alpha value is -2.12. The van der Waals surface area contributed by atoms with Crippen molar-refractivity contribution in [1.29, 1.82) is 0 Å². The van der Waals surface area contributed by atoms with E-state index in [9.17, 15) is 14.4 Å². The highest BCUT2D eigenvalue weighted by Gasteiger charge is 2.34. The topological polar surface area (TPSA) is 70.2 Å². The smallest absolute Gasteiger partial charge is 0.248 e. The second-order valence-corrected chi connectivity index (χ2v) is 8.89. The van der Waals surface area contributed by atoms with Crippen molar-refractivity contribution in [3.8, 4) is 0 Å². The van der Waals surface area contributed by atoms with Crippen LogP contribution in [0.1, 0.15) is 32.8 Å². The SMILES string of the molecule is COCCN(CC(=O)N1CC(=O)N(c2cccc(Cl)c2C)C1)C(=O)CC(C)(C)C. The quantitative estimate of drug-likeness (QED) is 0.676. The van der Waals surface area contributed by atoms with Gasteiger partial charge in [0.1, 0.15) is 13.2 Å². The van der Waals surface area contributed by atoms with Crippen LogP contribution in [-0.4, -0.2) is 67.5 Å². The van der Waals surface area contributed by atoms with Gasteiger partial charge in [0.2, 0.25) is 17.7 Å². The molecule has 0 N–H and O–H groups in total. The average molecular weight is 424 g/mol. The molecule has 2 rings (SSSR count). The summed E-state index contributed by atoms with van der Waals surface area (Å²) in [5.41, 5.74) is 1.30. The minimum absolute atomic E-state index is 0.0175. The number of hydrogen-bond acceptors (Lipinski definition) is 4. The monoisotopic (exact) mass is 423 g/mol. The number of ether oxygens (including phenoxy) is 1. The second kappa shape index (κ2) is 9.59. The number of carbonyl (C=O) groups excluding carboxylic acids is 3. The summed E-state index contributed by atoms with van der Waals surface area (Å²) < 4.78 is 5.08. The maximum absolute atomic E-state index is 12.8. The molecule has 8 heteroatoms. The maximum Gasteiger partial charge on any atom is 0.248 e. The van der Waals surface area contributed by atoms with Gasteiger partial charge in [-0.05, 0) is 30.0 Å². The number of nitrogens with zero attached hydrogens (tertiary/aromatic N) is 3. The minimum atomic E-state index is -0.265. The highest BCUT2D eigenvalue weighted by Crippen LogP contribution is 2.28. The number of hydrogen-bond donors (Lipinski definition) is 0. The number of benzene rings is 1. The van der Waals surface area contributed by atoms with Gasteiger partial charge in [0, 0.05) is 30.8 Å². The van der Waals surface area contributed by atoms with Gasteiger partial charge in [0.05, 0.1) is 13.2 Å². The van der Waals surface area contributed by atoms with Gasteiger partial charge < -0.3 is 14.5 Å². The molecule has 0 spiro atoms. The van der Waals surface area contributed by atoms with Crippen LogP contribution in [0.5, 0.6) is 0 Å². The van der Waals surface area contributed by atoms with E-state index in [-0.39, 0.29) is 42.9 Å². The van der Waals surface area contributed by atoms with Gasteiger partial charge in [0.25, 0.3) is 0 Å². The van der Waals surface area contributed by atoms with Crippen molar-refractivity contribution in [2.24, 2.45) is 5.41 Å². The molecule has 0 radical (unpaired) electrons. The standard InChI is InChI=1S/C21H30ClN3O4/c1-15-16(22)7-6-8-17(15)25-14-24(13-20(25)28)19(27)12-23(9-10-29-5)18(26)11-21(2,3)4/h6-8H,9-14H2,1-5H3. The van der Waals surface area contributed by atoms with E-state index in [4.69, 9.17) is 16.3 Å². The summed E-state index contributed by atoms with van der Waals surface area (Å²) in [6, 6.07) is 5.35. The van der Waals surface area contributed by atoms with Crippen molar-refractivity contribution in [1.82, 2.24) is 9.80 Å². The molecule has 0 aromatic heterocycles. The fourth-order valence-electron chi connectivity index (χ4n) is 3.14. The van der Waals surface area contributed by atoms with E-state index in [1.807, 2.05) is 33.8 Å². The van der Waals surface area contributed by atoms with Crippen LogP contribution in [0, 0.1) is 12.3 Å². The summed E-state index contributed by atoms with van der Waals surface area (Å²) >= 11 is 6.17. The molecule has 7 nitrogen and oxygen atoms in total. The third-order valence-corrected chi connectivity index (χ3v) is 5.16. The molecule has 1 aromatic carbocycles. The van der Waals surface area contributed by atoms with Crippen molar-refractivity contribution >= 4 is 35.0 Å². The Balaban J connectivity index is 2.09. The third kappa shape index (κ3) is 6.18. The normalized spacial score (nSPS) is 14.5. The van der Waals surface area contributed by atoms with Gasteiger partial charge in [-0.2, -0.15) is 0 Å². The highest BCUT2D eigenvalue weighted by atomic mass is 35.5. The molecule has 0 aliphatic carbocycles. The van der Waals surface area contributed by atoms with Crippen molar-refractivity contribution in [3.63, 3.8) is 0 Å². The molecule has 1 aliphatic heterocycles. The predicted molar refractivity (Wildman–Crippen MR) is 113 cm³/mol. The summed E-state index contributed by atoms with van der Waals surface area (Å²) in [6.45, 7) is 8.50. The van der Waals surface area contributed by atoms with Crippen LogP contribution in [0.2, 0.25) is 5.02 Å². The zero-order chi connectivity index (χ0) is 21.8. The first-order chi connectivity index (χ1) is 13.5. The summed E-state index contributed by atoms with van der Waals surface area (Å²) in [5, 5.41) is 0.568. The van der Waals surface area contributed by atoms with Crippen LogP contribution in [0.4, 0.5) is 5.69 Å². The molecule has 0 atom stereocenters. The molecule has 0 bridgehead atoms. The zero-order valence-electron chi connectivity index (χ0n) is 17.8. The van der Waals surface area contributed by atoms with E-state index in [2.05, 4.69) is 0 Å². The molecule has 1 heterocycles. The molecular formula is C21H30ClN3O4. The predicted octanol–water partition coefficient (Wildman–Crippen LogP) is 2.69. The molecule has 1 fully saturated rings. The van der Waals surface area contributed by atoms with E-state index in [0.29, 0.717) is 30.3 Å².